The smallest absolute Gasteiger partial charge is 0.418 e. The van der Waals surface area contributed by atoms with Gasteiger partial charge >= 0.3 is 6.18 Å². The van der Waals surface area contributed by atoms with Gasteiger partial charge in [-0.2, -0.15) is 13.2 Å². The van der Waals surface area contributed by atoms with Crippen LogP contribution < -0.4 is 13.8 Å². The molecule has 2 aromatic rings. The van der Waals surface area contributed by atoms with Gasteiger partial charge in [0.25, 0.3) is 10.0 Å². The van der Waals surface area contributed by atoms with Crippen LogP contribution >= 0.6 is 0 Å². The largest absolute Gasteiger partial charge is 0.495 e. The van der Waals surface area contributed by atoms with E-state index < -0.39 is 42.4 Å². The number of anilines is 2. The number of hydrogen-bond acceptors (Lipinski definition) is 5. The summed E-state index contributed by atoms with van der Waals surface area (Å²) in [5.41, 5.74) is -1.70. The van der Waals surface area contributed by atoms with Crippen molar-refractivity contribution in [3.63, 3.8) is 0 Å². The molecule has 0 spiro atoms. The molecule has 0 amide bonds. The fourth-order valence-electron chi connectivity index (χ4n) is 3.13. The first-order chi connectivity index (χ1) is 14.0. The van der Waals surface area contributed by atoms with E-state index in [1.807, 2.05) is 4.72 Å². The summed E-state index contributed by atoms with van der Waals surface area (Å²) in [6, 6.07) is 7.90. The van der Waals surface area contributed by atoms with Crippen molar-refractivity contribution in [2.45, 2.75) is 23.9 Å². The van der Waals surface area contributed by atoms with Gasteiger partial charge in [0, 0.05) is 6.54 Å². The number of nitrogens with zero attached hydrogens (tertiary/aromatic N) is 1. The van der Waals surface area contributed by atoms with Crippen molar-refractivity contribution in [1.82, 2.24) is 0 Å². The molecular weight excluding hydrogens is 445 g/mol. The van der Waals surface area contributed by atoms with Crippen LogP contribution in [0.5, 0.6) is 5.75 Å². The first kappa shape index (κ1) is 22.2. The minimum absolute atomic E-state index is 0.0711. The summed E-state index contributed by atoms with van der Waals surface area (Å²) in [7, 11) is -6.94. The molecule has 1 aliphatic heterocycles. The molecule has 164 valence electrons. The Hall–Kier alpha value is -2.47. The maximum absolute atomic E-state index is 13.2. The zero-order valence-electron chi connectivity index (χ0n) is 15.8. The summed E-state index contributed by atoms with van der Waals surface area (Å²) < 4.78 is 98.3. The van der Waals surface area contributed by atoms with E-state index in [-0.39, 0.29) is 23.7 Å². The molecule has 1 aliphatic rings. The third-order valence-corrected chi connectivity index (χ3v) is 7.81. The van der Waals surface area contributed by atoms with Gasteiger partial charge in [-0.1, -0.05) is 12.1 Å². The topological polar surface area (TPSA) is 92.8 Å². The lowest BCUT2D eigenvalue weighted by Gasteiger charge is -2.28. The van der Waals surface area contributed by atoms with Crippen molar-refractivity contribution < 1.29 is 34.7 Å². The van der Waals surface area contributed by atoms with E-state index in [1.54, 1.807) is 0 Å². The zero-order chi connectivity index (χ0) is 22.2. The van der Waals surface area contributed by atoms with Crippen LogP contribution in [-0.4, -0.2) is 36.2 Å². The van der Waals surface area contributed by atoms with Gasteiger partial charge in [0.2, 0.25) is 10.0 Å². The average Bonchev–Trinajstić information content (AvgIpc) is 2.66. The van der Waals surface area contributed by atoms with Crippen LogP contribution in [0.1, 0.15) is 18.4 Å². The molecule has 0 saturated carbocycles. The standard InChI is InChI=1S/C18H19F3N2O5S2/c1-28-16-9-8-13(23-10-4-5-11-29(23,24)25)12-17(16)30(26,27)22-15-7-3-2-6-14(15)18(19,20)21/h2-3,6-9,12,22H,4-5,10-11H2,1H3. The number of para-hydroxylation sites is 1. The Balaban J connectivity index is 2.06. The minimum Gasteiger partial charge on any atom is -0.495 e. The molecule has 3 rings (SSSR count). The van der Waals surface area contributed by atoms with Gasteiger partial charge in [0.05, 0.1) is 29.8 Å². The maximum Gasteiger partial charge on any atom is 0.418 e. The predicted molar refractivity (Wildman–Crippen MR) is 106 cm³/mol. The lowest BCUT2D eigenvalue weighted by atomic mass is 10.2. The van der Waals surface area contributed by atoms with Crippen molar-refractivity contribution in [3.05, 3.63) is 48.0 Å². The Labute approximate surface area is 172 Å². The number of alkyl halides is 3. The molecule has 0 bridgehead atoms. The highest BCUT2D eigenvalue weighted by Crippen LogP contribution is 2.37. The Morgan fingerprint density at radius 1 is 1.10 bits per heavy atom. The lowest BCUT2D eigenvalue weighted by molar-refractivity contribution is -0.136. The van der Waals surface area contributed by atoms with Gasteiger partial charge in [0.15, 0.2) is 0 Å². The second-order valence-electron chi connectivity index (χ2n) is 6.58. The van der Waals surface area contributed by atoms with Crippen LogP contribution in [0.25, 0.3) is 0 Å². The fraction of sp³-hybridized carbons (Fsp3) is 0.333. The minimum atomic E-state index is -4.77. The molecule has 1 saturated heterocycles. The summed E-state index contributed by atoms with van der Waals surface area (Å²) in [5.74, 6) is -0.205. The normalized spacial score (nSPS) is 16.9. The molecule has 7 nitrogen and oxygen atoms in total. The van der Waals surface area contributed by atoms with Crippen molar-refractivity contribution in [1.29, 1.82) is 0 Å². The van der Waals surface area contributed by atoms with E-state index in [1.165, 1.54) is 25.3 Å². The van der Waals surface area contributed by atoms with Crippen molar-refractivity contribution in [2.75, 3.05) is 28.4 Å². The van der Waals surface area contributed by atoms with Crippen molar-refractivity contribution in [2.24, 2.45) is 0 Å². The summed E-state index contributed by atoms with van der Waals surface area (Å²) in [6.45, 7) is 0.179. The lowest BCUT2D eigenvalue weighted by Crippen LogP contribution is -2.37. The Morgan fingerprint density at radius 2 is 1.80 bits per heavy atom. The van der Waals surface area contributed by atoms with E-state index >= 15 is 0 Å². The molecule has 0 atom stereocenters. The highest BCUT2D eigenvalue weighted by atomic mass is 32.2. The average molecular weight is 464 g/mol. The second-order valence-corrected chi connectivity index (χ2v) is 10.2. The van der Waals surface area contributed by atoms with Crippen LogP contribution in [0.15, 0.2) is 47.4 Å². The summed E-state index contributed by atoms with van der Waals surface area (Å²) in [6.07, 6.45) is -3.67. The molecule has 0 aliphatic carbocycles. The first-order valence-electron chi connectivity index (χ1n) is 8.83. The van der Waals surface area contributed by atoms with Gasteiger partial charge in [-0.3, -0.25) is 9.03 Å². The van der Waals surface area contributed by atoms with Crippen LogP contribution in [0.3, 0.4) is 0 Å². The van der Waals surface area contributed by atoms with E-state index in [0.717, 1.165) is 28.6 Å². The molecule has 1 heterocycles. The van der Waals surface area contributed by atoms with Gasteiger partial charge in [-0.15, -0.1) is 0 Å². The van der Waals surface area contributed by atoms with Crippen LogP contribution in [0.4, 0.5) is 24.5 Å². The fourth-order valence-corrected chi connectivity index (χ4v) is 6.03. The van der Waals surface area contributed by atoms with E-state index in [4.69, 9.17) is 4.74 Å². The molecule has 2 aromatic carbocycles. The van der Waals surface area contributed by atoms with E-state index in [2.05, 4.69) is 0 Å². The Kier molecular flexibility index (Phi) is 5.92. The van der Waals surface area contributed by atoms with Gasteiger partial charge in [0.1, 0.15) is 10.6 Å². The van der Waals surface area contributed by atoms with Crippen LogP contribution in [0.2, 0.25) is 0 Å². The molecule has 0 unspecified atom stereocenters. The summed E-state index contributed by atoms with van der Waals surface area (Å²) >= 11 is 0. The second kappa shape index (κ2) is 7.99. The number of nitrogens with one attached hydrogen (secondary N) is 1. The SMILES string of the molecule is COc1ccc(N2CCCCS2(=O)=O)cc1S(=O)(=O)Nc1ccccc1C(F)(F)F. The molecular formula is C18H19F3N2O5S2. The number of benzene rings is 2. The Morgan fingerprint density at radius 3 is 2.43 bits per heavy atom. The predicted octanol–water partition coefficient (Wildman–Crippen LogP) is 3.44. The molecule has 0 radical (unpaired) electrons. The maximum atomic E-state index is 13.2. The van der Waals surface area contributed by atoms with Crippen molar-refractivity contribution >= 4 is 31.4 Å². The highest BCUT2D eigenvalue weighted by Gasteiger charge is 2.35. The summed E-state index contributed by atoms with van der Waals surface area (Å²) in [5, 5.41) is 0. The van der Waals surface area contributed by atoms with Crippen molar-refractivity contribution in [3.8, 4) is 5.75 Å². The number of rotatable bonds is 5. The molecule has 30 heavy (non-hydrogen) atoms. The van der Waals surface area contributed by atoms with E-state index in [9.17, 15) is 30.0 Å². The van der Waals surface area contributed by atoms with Gasteiger partial charge < -0.3 is 4.74 Å². The summed E-state index contributed by atoms with van der Waals surface area (Å²) in [4.78, 5) is -0.472. The van der Waals surface area contributed by atoms with Gasteiger partial charge in [-0.05, 0) is 43.2 Å². The number of methoxy groups -OCH3 is 1. The van der Waals surface area contributed by atoms with Crippen LogP contribution in [0, 0.1) is 0 Å². The highest BCUT2D eigenvalue weighted by molar-refractivity contribution is 7.93. The molecule has 12 heteroatoms. The van der Waals surface area contributed by atoms with Gasteiger partial charge in [-0.25, -0.2) is 16.8 Å². The quantitative estimate of drug-likeness (QED) is 0.732. The number of halogens is 3. The molecule has 1 fully saturated rings. The van der Waals surface area contributed by atoms with E-state index in [0.29, 0.717) is 12.8 Å². The monoisotopic (exact) mass is 464 g/mol. The zero-order valence-corrected chi connectivity index (χ0v) is 17.4. The third-order valence-electron chi connectivity index (χ3n) is 4.55. The number of ether oxygens (including phenoxy) is 1. The molecule has 0 aromatic heterocycles. The van der Waals surface area contributed by atoms with Crippen LogP contribution in [-0.2, 0) is 26.2 Å². The number of hydrogen-bond donors (Lipinski definition) is 1. The molecule has 1 N–H and O–H groups in total. The third kappa shape index (κ3) is 4.48. The Bertz CT molecular complexity index is 1150. The number of sulfonamides is 2. The first-order valence-corrected chi connectivity index (χ1v) is 11.9.